The van der Waals surface area contributed by atoms with Crippen LogP contribution in [0.1, 0.15) is 0 Å². The Morgan fingerprint density at radius 1 is 1.21 bits per heavy atom. The number of aromatic nitrogens is 3. The van der Waals surface area contributed by atoms with Crippen molar-refractivity contribution in [2.75, 3.05) is 18.2 Å². The van der Waals surface area contributed by atoms with Crippen molar-refractivity contribution in [3.05, 3.63) is 65.7 Å². The van der Waals surface area contributed by atoms with Crippen LogP contribution in [-0.2, 0) is 11.3 Å². The summed E-state index contributed by atoms with van der Waals surface area (Å²) >= 11 is 4.71. The van der Waals surface area contributed by atoms with Gasteiger partial charge in [-0.1, -0.05) is 33.8 Å². The zero-order valence-corrected chi connectivity index (χ0v) is 17.7. The fourth-order valence-electron chi connectivity index (χ4n) is 2.50. The number of carbonyl (C=O) groups is 1. The summed E-state index contributed by atoms with van der Waals surface area (Å²) in [6, 6.07) is 15.0. The molecule has 144 valence electrons. The highest BCUT2D eigenvalue weighted by molar-refractivity contribution is 9.10. The Morgan fingerprint density at radius 2 is 1.93 bits per heavy atom. The van der Waals surface area contributed by atoms with Crippen LogP contribution in [0.5, 0.6) is 5.75 Å². The fraction of sp³-hybridized carbons (Fsp3) is 0.150. The summed E-state index contributed by atoms with van der Waals surface area (Å²) in [6.07, 6.45) is 1.78. The number of ether oxygens (including phenoxy) is 1. The number of carbonyl (C=O) groups excluding carboxylic acids is 1. The van der Waals surface area contributed by atoms with E-state index < -0.39 is 0 Å². The van der Waals surface area contributed by atoms with E-state index in [1.165, 1.54) is 11.8 Å². The lowest BCUT2D eigenvalue weighted by Crippen LogP contribution is -2.14. The molecule has 0 unspecified atom stereocenters. The Kier molecular flexibility index (Phi) is 6.89. The van der Waals surface area contributed by atoms with Crippen molar-refractivity contribution in [3.8, 4) is 17.1 Å². The molecule has 0 saturated carbocycles. The molecule has 1 amide bonds. The standard InChI is InChI=1S/C20H19BrN4O2S/c1-3-12-25-19(14-4-10-17(27-2)11-5-14)23-24-20(25)28-13-18(26)22-16-8-6-15(21)7-9-16/h3-11H,1,12-13H2,2H3,(H,22,26). The number of nitrogens with zero attached hydrogens (tertiary/aromatic N) is 3. The molecule has 28 heavy (non-hydrogen) atoms. The Labute approximate surface area is 176 Å². The molecule has 2 aromatic carbocycles. The van der Waals surface area contributed by atoms with Crippen molar-refractivity contribution in [1.82, 2.24) is 14.8 Å². The molecule has 3 aromatic rings. The number of hydrogen-bond acceptors (Lipinski definition) is 5. The summed E-state index contributed by atoms with van der Waals surface area (Å²) < 4.78 is 8.10. The van der Waals surface area contributed by atoms with Crippen LogP contribution in [0.3, 0.4) is 0 Å². The maximum Gasteiger partial charge on any atom is 0.234 e. The number of benzene rings is 2. The van der Waals surface area contributed by atoms with Crippen LogP contribution in [-0.4, -0.2) is 33.5 Å². The van der Waals surface area contributed by atoms with Crippen molar-refractivity contribution in [1.29, 1.82) is 0 Å². The second-order valence-electron chi connectivity index (χ2n) is 5.78. The number of anilines is 1. The average Bonchev–Trinajstić information content (AvgIpc) is 3.11. The summed E-state index contributed by atoms with van der Waals surface area (Å²) in [7, 11) is 1.63. The van der Waals surface area contributed by atoms with Crippen molar-refractivity contribution in [2.24, 2.45) is 0 Å². The Bertz CT molecular complexity index is 955. The van der Waals surface area contributed by atoms with E-state index in [-0.39, 0.29) is 11.7 Å². The Hall–Kier alpha value is -2.58. The lowest BCUT2D eigenvalue weighted by Gasteiger charge is -2.09. The molecule has 0 atom stereocenters. The molecule has 1 aromatic heterocycles. The predicted molar refractivity (Wildman–Crippen MR) is 116 cm³/mol. The predicted octanol–water partition coefficient (Wildman–Crippen LogP) is 4.63. The molecule has 0 radical (unpaired) electrons. The first-order valence-corrected chi connectivity index (χ1v) is 10.3. The van der Waals surface area contributed by atoms with E-state index in [1.807, 2.05) is 53.1 Å². The molecule has 6 nitrogen and oxygen atoms in total. The van der Waals surface area contributed by atoms with E-state index in [1.54, 1.807) is 13.2 Å². The smallest absolute Gasteiger partial charge is 0.234 e. The summed E-state index contributed by atoms with van der Waals surface area (Å²) in [4.78, 5) is 12.3. The number of amides is 1. The van der Waals surface area contributed by atoms with Gasteiger partial charge < -0.3 is 10.1 Å². The monoisotopic (exact) mass is 458 g/mol. The summed E-state index contributed by atoms with van der Waals surface area (Å²) in [5, 5.41) is 12.1. The molecule has 0 fully saturated rings. The quantitative estimate of drug-likeness (QED) is 0.393. The number of hydrogen-bond donors (Lipinski definition) is 1. The highest BCUT2D eigenvalue weighted by Gasteiger charge is 2.15. The van der Waals surface area contributed by atoms with Gasteiger partial charge in [0.25, 0.3) is 0 Å². The summed E-state index contributed by atoms with van der Waals surface area (Å²) in [5.41, 5.74) is 1.67. The van der Waals surface area contributed by atoms with Crippen LogP contribution in [0.2, 0.25) is 0 Å². The first kappa shape index (κ1) is 20.2. The molecule has 0 bridgehead atoms. The van der Waals surface area contributed by atoms with E-state index in [0.29, 0.717) is 11.7 Å². The molecule has 1 N–H and O–H groups in total. The average molecular weight is 459 g/mol. The van der Waals surface area contributed by atoms with Gasteiger partial charge in [-0.25, -0.2) is 0 Å². The number of methoxy groups -OCH3 is 1. The Morgan fingerprint density at radius 3 is 2.57 bits per heavy atom. The highest BCUT2D eigenvalue weighted by Crippen LogP contribution is 2.26. The van der Waals surface area contributed by atoms with Crippen LogP contribution in [0, 0.1) is 0 Å². The molecule has 0 aliphatic carbocycles. The van der Waals surface area contributed by atoms with Crippen molar-refractivity contribution < 1.29 is 9.53 Å². The zero-order chi connectivity index (χ0) is 19.9. The SMILES string of the molecule is C=CCn1c(SCC(=O)Nc2ccc(Br)cc2)nnc1-c1ccc(OC)cc1. The maximum absolute atomic E-state index is 12.3. The molecule has 1 heterocycles. The molecule has 0 aliphatic rings. The zero-order valence-electron chi connectivity index (χ0n) is 15.3. The van der Waals surface area contributed by atoms with Gasteiger partial charge in [-0.15, -0.1) is 16.8 Å². The number of nitrogens with one attached hydrogen (secondary N) is 1. The van der Waals surface area contributed by atoms with E-state index in [0.717, 1.165) is 27.3 Å². The van der Waals surface area contributed by atoms with Crippen LogP contribution in [0.4, 0.5) is 5.69 Å². The Balaban J connectivity index is 1.70. The lowest BCUT2D eigenvalue weighted by molar-refractivity contribution is -0.113. The number of thioether (sulfide) groups is 1. The van der Waals surface area contributed by atoms with Gasteiger partial charge in [-0.05, 0) is 48.5 Å². The normalized spacial score (nSPS) is 10.5. The van der Waals surface area contributed by atoms with Gasteiger partial charge in [-0.2, -0.15) is 0 Å². The third-order valence-electron chi connectivity index (χ3n) is 3.84. The second-order valence-corrected chi connectivity index (χ2v) is 7.64. The van der Waals surface area contributed by atoms with Gasteiger partial charge in [0.05, 0.1) is 12.9 Å². The third-order valence-corrected chi connectivity index (χ3v) is 5.33. The number of halogens is 1. The first-order valence-electron chi connectivity index (χ1n) is 8.47. The molecular formula is C20H19BrN4O2S. The minimum atomic E-state index is -0.105. The maximum atomic E-state index is 12.3. The molecule has 0 saturated heterocycles. The number of rotatable bonds is 8. The summed E-state index contributed by atoms with van der Waals surface area (Å²) in [6.45, 7) is 4.35. The topological polar surface area (TPSA) is 69.0 Å². The van der Waals surface area contributed by atoms with Crippen molar-refractivity contribution in [2.45, 2.75) is 11.7 Å². The van der Waals surface area contributed by atoms with Crippen LogP contribution in [0.15, 0.2) is 70.8 Å². The highest BCUT2D eigenvalue weighted by atomic mass is 79.9. The van der Waals surface area contributed by atoms with E-state index in [9.17, 15) is 4.79 Å². The fourth-order valence-corrected chi connectivity index (χ4v) is 3.52. The second kappa shape index (κ2) is 9.57. The van der Waals surface area contributed by atoms with Gasteiger partial charge in [0, 0.05) is 22.3 Å². The molecular weight excluding hydrogens is 440 g/mol. The van der Waals surface area contributed by atoms with Gasteiger partial charge in [0.2, 0.25) is 5.91 Å². The van der Waals surface area contributed by atoms with Gasteiger partial charge in [-0.3, -0.25) is 9.36 Å². The lowest BCUT2D eigenvalue weighted by atomic mass is 10.2. The van der Waals surface area contributed by atoms with E-state index in [2.05, 4.69) is 38.0 Å². The van der Waals surface area contributed by atoms with E-state index >= 15 is 0 Å². The molecule has 3 rings (SSSR count). The van der Waals surface area contributed by atoms with Crippen LogP contribution >= 0.6 is 27.7 Å². The van der Waals surface area contributed by atoms with Gasteiger partial charge in [0.1, 0.15) is 5.75 Å². The third kappa shape index (κ3) is 5.02. The minimum absolute atomic E-state index is 0.105. The molecule has 0 spiro atoms. The largest absolute Gasteiger partial charge is 0.497 e. The van der Waals surface area contributed by atoms with Gasteiger partial charge in [0.15, 0.2) is 11.0 Å². The van der Waals surface area contributed by atoms with Crippen LogP contribution < -0.4 is 10.1 Å². The minimum Gasteiger partial charge on any atom is -0.497 e. The van der Waals surface area contributed by atoms with Crippen molar-refractivity contribution in [3.63, 3.8) is 0 Å². The summed E-state index contributed by atoms with van der Waals surface area (Å²) in [5.74, 6) is 1.62. The number of allylic oxidation sites excluding steroid dienone is 1. The van der Waals surface area contributed by atoms with Crippen molar-refractivity contribution >= 4 is 39.3 Å². The van der Waals surface area contributed by atoms with Crippen LogP contribution in [0.25, 0.3) is 11.4 Å². The van der Waals surface area contributed by atoms with E-state index in [4.69, 9.17) is 4.74 Å². The first-order chi connectivity index (χ1) is 13.6. The molecule has 0 aliphatic heterocycles. The molecule has 8 heteroatoms. The van der Waals surface area contributed by atoms with Gasteiger partial charge >= 0.3 is 0 Å².